The Labute approximate surface area is 180 Å². The van der Waals surface area contributed by atoms with Gasteiger partial charge >= 0.3 is 0 Å². The minimum atomic E-state index is -0.607. The molecule has 3 aromatic rings. The van der Waals surface area contributed by atoms with Crippen molar-refractivity contribution in [3.8, 4) is 11.5 Å². The fraction of sp³-hybridized carbons (Fsp3) is 0.409. The molecule has 0 bridgehead atoms. The van der Waals surface area contributed by atoms with Crippen LogP contribution in [-0.2, 0) is 6.54 Å². The number of halogens is 1. The van der Waals surface area contributed by atoms with Crippen LogP contribution >= 0.6 is 0 Å². The lowest BCUT2D eigenvalue weighted by Gasteiger charge is -2.36. The minimum absolute atomic E-state index is 0.0281. The maximum Gasteiger partial charge on any atom is 0.254 e. The van der Waals surface area contributed by atoms with Gasteiger partial charge in [0.2, 0.25) is 0 Å². The number of carbonyl (C=O) groups excluding carboxylic acids is 1. The number of hydrogen-bond donors (Lipinski definition) is 1. The van der Waals surface area contributed by atoms with Crippen LogP contribution in [0.25, 0.3) is 5.65 Å². The third-order valence-corrected chi connectivity index (χ3v) is 4.82. The number of fused-ring (bicyclic) bond motifs is 2. The van der Waals surface area contributed by atoms with Gasteiger partial charge in [0.15, 0.2) is 17.2 Å². The van der Waals surface area contributed by atoms with Crippen LogP contribution in [-0.4, -0.2) is 39.8 Å². The fourth-order valence-corrected chi connectivity index (χ4v) is 3.32. The van der Waals surface area contributed by atoms with E-state index >= 15 is 0 Å². The molecule has 8 nitrogen and oxygen atoms in total. The minimum Gasteiger partial charge on any atom is -0.493 e. The number of rotatable bonds is 6. The van der Waals surface area contributed by atoms with Gasteiger partial charge in [0.1, 0.15) is 23.7 Å². The molecule has 2 aromatic heterocycles. The van der Waals surface area contributed by atoms with Crippen LogP contribution in [0.4, 0.5) is 10.2 Å². The van der Waals surface area contributed by atoms with Crippen LogP contribution in [0.1, 0.15) is 50.0 Å². The number of ether oxygens (including phenoxy) is 2. The van der Waals surface area contributed by atoms with E-state index in [2.05, 4.69) is 10.1 Å². The first kappa shape index (κ1) is 22.3. The second kappa shape index (κ2) is 9.63. The molecular weight excluding hydrogens is 401 g/mol. The average molecular weight is 429 g/mol. The van der Waals surface area contributed by atoms with Crippen molar-refractivity contribution in [1.82, 2.24) is 14.6 Å². The number of primary amides is 1. The van der Waals surface area contributed by atoms with Gasteiger partial charge in [0, 0.05) is 12.1 Å². The Bertz CT molecular complexity index is 1070. The molecule has 31 heavy (non-hydrogen) atoms. The summed E-state index contributed by atoms with van der Waals surface area (Å²) in [5.74, 6) is 0.771. The first-order chi connectivity index (χ1) is 15.0. The van der Waals surface area contributed by atoms with Crippen LogP contribution in [0.2, 0.25) is 0 Å². The predicted octanol–water partition coefficient (Wildman–Crippen LogP) is 3.57. The van der Waals surface area contributed by atoms with Crippen LogP contribution < -0.4 is 20.1 Å². The summed E-state index contributed by atoms with van der Waals surface area (Å²) in [7, 11) is 0. The van der Waals surface area contributed by atoms with Crippen molar-refractivity contribution in [2.75, 3.05) is 18.1 Å². The summed E-state index contributed by atoms with van der Waals surface area (Å²) in [5, 5.41) is 4.12. The number of benzene rings is 1. The molecule has 1 amide bonds. The highest BCUT2D eigenvalue weighted by Crippen LogP contribution is 2.35. The summed E-state index contributed by atoms with van der Waals surface area (Å²) in [6, 6.07) is 4.47. The molecule has 9 heteroatoms. The van der Waals surface area contributed by atoms with Gasteiger partial charge in [-0.05, 0) is 31.5 Å². The van der Waals surface area contributed by atoms with Gasteiger partial charge in [-0.2, -0.15) is 5.10 Å². The van der Waals surface area contributed by atoms with Crippen molar-refractivity contribution >= 4 is 17.4 Å². The number of aromatic nitrogens is 3. The molecule has 2 N–H and O–H groups in total. The summed E-state index contributed by atoms with van der Waals surface area (Å²) in [6.07, 6.45) is 3.90. The van der Waals surface area contributed by atoms with E-state index in [1.54, 1.807) is 12.3 Å². The van der Waals surface area contributed by atoms with E-state index in [1.807, 2.05) is 32.6 Å². The van der Waals surface area contributed by atoms with Gasteiger partial charge in [-0.3, -0.25) is 4.79 Å². The molecule has 0 spiro atoms. The molecule has 1 atom stereocenters. The Balaban J connectivity index is 0.00000132. The molecule has 1 aliphatic rings. The first-order valence-electron chi connectivity index (χ1n) is 10.5. The summed E-state index contributed by atoms with van der Waals surface area (Å²) >= 11 is 0. The predicted molar refractivity (Wildman–Crippen MR) is 116 cm³/mol. The molecule has 4 rings (SSSR count). The van der Waals surface area contributed by atoms with Crippen molar-refractivity contribution in [2.45, 2.75) is 46.7 Å². The quantitative estimate of drug-likeness (QED) is 0.644. The van der Waals surface area contributed by atoms with E-state index in [0.717, 1.165) is 6.42 Å². The third-order valence-electron chi connectivity index (χ3n) is 4.82. The highest BCUT2D eigenvalue weighted by molar-refractivity contribution is 5.98. The molecule has 3 heterocycles. The van der Waals surface area contributed by atoms with E-state index in [1.165, 1.54) is 22.8 Å². The standard InChI is InChI=1S/C20H22FN5O3.C2H6/c1-3-6-28-16-5-4-14(21)7-13(16)9-25-12(2)11-29-17-10-26-19(24-20(17)25)15(8-23-26)18(22)27;1-2/h4-5,7-8,10,12H,3,6,9,11H2,1-2H3,(H2,22,27);1-2H3. The van der Waals surface area contributed by atoms with Crippen LogP contribution in [0.5, 0.6) is 11.5 Å². The second-order valence-corrected chi connectivity index (χ2v) is 7.01. The van der Waals surface area contributed by atoms with Gasteiger partial charge < -0.3 is 20.1 Å². The Morgan fingerprint density at radius 1 is 1.39 bits per heavy atom. The molecule has 0 saturated heterocycles. The summed E-state index contributed by atoms with van der Waals surface area (Å²) in [6.45, 7) is 9.36. The fourth-order valence-electron chi connectivity index (χ4n) is 3.32. The average Bonchev–Trinajstić information content (AvgIpc) is 3.18. The maximum atomic E-state index is 13.9. The number of anilines is 1. The topological polar surface area (TPSA) is 95.0 Å². The smallest absolute Gasteiger partial charge is 0.254 e. The number of nitrogens with zero attached hydrogens (tertiary/aromatic N) is 4. The Morgan fingerprint density at radius 3 is 2.87 bits per heavy atom. The molecule has 0 aliphatic carbocycles. The van der Waals surface area contributed by atoms with E-state index in [4.69, 9.17) is 15.2 Å². The third kappa shape index (κ3) is 4.55. The van der Waals surface area contributed by atoms with Gasteiger partial charge in [0.25, 0.3) is 5.91 Å². The molecule has 1 unspecified atom stereocenters. The molecular formula is C22H28FN5O3. The zero-order valence-electron chi connectivity index (χ0n) is 18.3. The highest BCUT2D eigenvalue weighted by Gasteiger charge is 2.29. The molecule has 0 radical (unpaired) electrons. The molecule has 166 valence electrons. The Kier molecular flexibility index (Phi) is 6.94. The largest absolute Gasteiger partial charge is 0.493 e. The normalized spacial score (nSPS) is 15.0. The van der Waals surface area contributed by atoms with Crippen molar-refractivity contribution in [3.63, 3.8) is 0 Å². The van der Waals surface area contributed by atoms with Gasteiger partial charge in [-0.1, -0.05) is 20.8 Å². The van der Waals surface area contributed by atoms with Gasteiger partial charge in [0.05, 0.1) is 25.0 Å². The lowest BCUT2D eigenvalue weighted by molar-refractivity contribution is 0.100. The van der Waals surface area contributed by atoms with Crippen LogP contribution in [0.15, 0.2) is 30.6 Å². The number of carbonyl (C=O) groups is 1. The van der Waals surface area contributed by atoms with Gasteiger partial charge in [-0.25, -0.2) is 13.9 Å². The number of amides is 1. The van der Waals surface area contributed by atoms with Crippen molar-refractivity contribution < 1.29 is 18.7 Å². The Hall–Kier alpha value is -3.36. The van der Waals surface area contributed by atoms with E-state index in [0.29, 0.717) is 48.3 Å². The highest BCUT2D eigenvalue weighted by atomic mass is 19.1. The van der Waals surface area contributed by atoms with Crippen molar-refractivity contribution in [2.24, 2.45) is 5.73 Å². The van der Waals surface area contributed by atoms with Gasteiger partial charge in [-0.15, -0.1) is 0 Å². The zero-order chi connectivity index (χ0) is 22.5. The number of nitrogens with two attached hydrogens (primary N) is 1. The van der Waals surface area contributed by atoms with Crippen LogP contribution in [0, 0.1) is 5.82 Å². The summed E-state index contributed by atoms with van der Waals surface area (Å²) < 4.78 is 27.0. The van der Waals surface area contributed by atoms with E-state index in [-0.39, 0.29) is 17.4 Å². The first-order valence-corrected chi connectivity index (χ1v) is 10.5. The Morgan fingerprint density at radius 2 is 2.16 bits per heavy atom. The summed E-state index contributed by atoms with van der Waals surface area (Å²) in [5.41, 5.74) is 6.72. The van der Waals surface area contributed by atoms with E-state index < -0.39 is 5.91 Å². The lowest BCUT2D eigenvalue weighted by atomic mass is 10.1. The molecule has 1 aromatic carbocycles. The SMILES string of the molecule is CC.CCCOc1ccc(F)cc1CN1c2nc3c(C(N)=O)cnn3cc2OCC1C. The summed E-state index contributed by atoms with van der Waals surface area (Å²) in [4.78, 5) is 18.3. The maximum absolute atomic E-state index is 13.9. The van der Waals surface area contributed by atoms with Crippen LogP contribution in [0.3, 0.4) is 0 Å². The molecule has 0 fully saturated rings. The van der Waals surface area contributed by atoms with E-state index in [9.17, 15) is 9.18 Å². The molecule has 0 saturated carbocycles. The number of hydrogen-bond acceptors (Lipinski definition) is 6. The second-order valence-electron chi connectivity index (χ2n) is 7.01. The monoisotopic (exact) mass is 429 g/mol. The zero-order valence-corrected chi connectivity index (χ0v) is 18.3. The molecule has 1 aliphatic heterocycles. The van der Waals surface area contributed by atoms with Crippen molar-refractivity contribution in [3.05, 3.63) is 47.5 Å². The van der Waals surface area contributed by atoms with Crippen molar-refractivity contribution in [1.29, 1.82) is 0 Å². The lowest BCUT2D eigenvalue weighted by Crippen LogP contribution is -2.41.